The molecular weight excluding hydrogens is 278 g/mol. The largest absolute Gasteiger partial charge is 0.339 e. The van der Waals surface area contributed by atoms with Gasteiger partial charge in [-0.2, -0.15) is 0 Å². The molecule has 0 aromatic heterocycles. The monoisotopic (exact) mass is 296 g/mol. The standard InChI is InChI=1S/C15H18F2N2O2/c1-2-6-11-14(20)18-13(10-7-4-3-5-8-10)15(21)19(11)9-12(16)17/h3-5,7-8,11-13H,2,6,9H2,1H3,(H,18,20). The van der Waals surface area contributed by atoms with Gasteiger partial charge < -0.3 is 10.2 Å². The fourth-order valence-corrected chi connectivity index (χ4v) is 2.56. The van der Waals surface area contributed by atoms with Crippen LogP contribution in [0.5, 0.6) is 0 Å². The van der Waals surface area contributed by atoms with Crippen molar-refractivity contribution in [3.05, 3.63) is 35.9 Å². The smallest absolute Gasteiger partial charge is 0.255 e. The average molecular weight is 296 g/mol. The summed E-state index contributed by atoms with van der Waals surface area (Å²) in [5.41, 5.74) is 0.602. The summed E-state index contributed by atoms with van der Waals surface area (Å²) in [5, 5.41) is 2.65. The summed E-state index contributed by atoms with van der Waals surface area (Å²) in [4.78, 5) is 25.6. The summed E-state index contributed by atoms with van der Waals surface area (Å²) in [6.07, 6.45) is -1.64. The molecule has 0 aliphatic carbocycles. The third kappa shape index (κ3) is 3.37. The Kier molecular flexibility index (Phi) is 4.88. The molecule has 6 heteroatoms. The maximum Gasteiger partial charge on any atom is 0.255 e. The highest BCUT2D eigenvalue weighted by Gasteiger charge is 2.41. The summed E-state index contributed by atoms with van der Waals surface area (Å²) >= 11 is 0. The fourth-order valence-electron chi connectivity index (χ4n) is 2.56. The van der Waals surface area contributed by atoms with Crippen molar-refractivity contribution in [3.63, 3.8) is 0 Å². The van der Waals surface area contributed by atoms with Crippen molar-refractivity contribution >= 4 is 11.8 Å². The molecule has 1 N–H and O–H groups in total. The molecule has 1 aliphatic rings. The van der Waals surface area contributed by atoms with Gasteiger partial charge in [0.2, 0.25) is 5.91 Å². The molecule has 1 saturated heterocycles. The second-order valence-corrected chi connectivity index (χ2v) is 5.04. The lowest BCUT2D eigenvalue weighted by Gasteiger charge is -2.39. The molecule has 0 spiro atoms. The van der Waals surface area contributed by atoms with E-state index in [2.05, 4.69) is 5.32 Å². The van der Waals surface area contributed by atoms with E-state index in [0.717, 1.165) is 4.90 Å². The van der Waals surface area contributed by atoms with Crippen LogP contribution in [0.2, 0.25) is 0 Å². The van der Waals surface area contributed by atoms with Gasteiger partial charge in [0.15, 0.2) is 0 Å². The van der Waals surface area contributed by atoms with Crippen LogP contribution in [0.4, 0.5) is 8.78 Å². The normalized spacial score (nSPS) is 22.6. The highest BCUT2D eigenvalue weighted by Crippen LogP contribution is 2.24. The number of alkyl halides is 2. The Hall–Kier alpha value is -1.98. The number of halogens is 2. The molecular formula is C15H18F2N2O2. The zero-order chi connectivity index (χ0) is 15.4. The Bertz CT molecular complexity index is 508. The zero-order valence-corrected chi connectivity index (χ0v) is 11.8. The van der Waals surface area contributed by atoms with Crippen LogP contribution in [0.15, 0.2) is 30.3 Å². The van der Waals surface area contributed by atoms with E-state index in [1.165, 1.54) is 0 Å². The van der Waals surface area contributed by atoms with Crippen molar-refractivity contribution in [2.24, 2.45) is 0 Å². The van der Waals surface area contributed by atoms with Gasteiger partial charge in [-0.05, 0) is 12.0 Å². The number of carbonyl (C=O) groups is 2. The topological polar surface area (TPSA) is 49.4 Å². The molecule has 1 aromatic rings. The molecule has 2 atom stereocenters. The van der Waals surface area contributed by atoms with Crippen LogP contribution < -0.4 is 5.32 Å². The van der Waals surface area contributed by atoms with Gasteiger partial charge in [0, 0.05) is 0 Å². The number of nitrogens with zero attached hydrogens (tertiary/aromatic N) is 1. The van der Waals surface area contributed by atoms with Crippen LogP contribution in [-0.4, -0.2) is 35.7 Å². The predicted octanol–water partition coefficient (Wildman–Crippen LogP) is 2.12. The molecule has 1 heterocycles. The molecule has 0 bridgehead atoms. The maximum atomic E-state index is 12.7. The quantitative estimate of drug-likeness (QED) is 0.905. The highest BCUT2D eigenvalue weighted by molar-refractivity contribution is 5.97. The summed E-state index contributed by atoms with van der Waals surface area (Å²) in [7, 11) is 0. The van der Waals surface area contributed by atoms with Gasteiger partial charge in [-0.15, -0.1) is 0 Å². The van der Waals surface area contributed by atoms with Crippen molar-refractivity contribution in [1.29, 1.82) is 0 Å². The van der Waals surface area contributed by atoms with Crippen molar-refractivity contribution in [3.8, 4) is 0 Å². The fraction of sp³-hybridized carbons (Fsp3) is 0.467. The van der Waals surface area contributed by atoms with Crippen molar-refractivity contribution in [2.45, 2.75) is 38.3 Å². The Morgan fingerprint density at radius 2 is 1.90 bits per heavy atom. The van der Waals surface area contributed by atoms with Gasteiger partial charge in [-0.1, -0.05) is 43.7 Å². The Labute approximate surface area is 122 Å². The number of nitrogens with one attached hydrogen (secondary N) is 1. The van der Waals surface area contributed by atoms with Gasteiger partial charge in [0.1, 0.15) is 12.1 Å². The molecule has 2 unspecified atom stereocenters. The molecule has 2 rings (SSSR count). The molecule has 1 aromatic carbocycles. The van der Waals surface area contributed by atoms with Crippen molar-refractivity contribution in [2.75, 3.05) is 6.54 Å². The number of carbonyl (C=O) groups excluding carboxylic acids is 2. The van der Waals surface area contributed by atoms with E-state index in [1.807, 2.05) is 6.92 Å². The maximum absolute atomic E-state index is 12.7. The Morgan fingerprint density at radius 1 is 1.24 bits per heavy atom. The minimum Gasteiger partial charge on any atom is -0.339 e. The van der Waals surface area contributed by atoms with Crippen LogP contribution in [0, 0.1) is 0 Å². The SMILES string of the molecule is CCCC1C(=O)NC(c2ccccc2)C(=O)N1CC(F)F. The van der Waals surface area contributed by atoms with Crippen LogP contribution in [-0.2, 0) is 9.59 Å². The van der Waals surface area contributed by atoms with Crippen LogP contribution in [0.3, 0.4) is 0 Å². The van der Waals surface area contributed by atoms with E-state index >= 15 is 0 Å². The number of hydrogen-bond acceptors (Lipinski definition) is 2. The lowest BCUT2D eigenvalue weighted by molar-refractivity contribution is -0.152. The van der Waals surface area contributed by atoms with Crippen LogP contribution >= 0.6 is 0 Å². The first-order valence-electron chi connectivity index (χ1n) is 6.98. The summed E-state index contributed by atoms with van der Waals surface area (Å²) < 4.78 is 25.5. The van der Waals surface area contributed by atoms with Gasteiger partial charge in [-0.25, -0.2) is 8.78 Å². The van der Waals surface area contributed by atoms with E-state index in [0.29, 0.717) is 18.4 Å². The number of rotatable bonds is 5. The van der Waals surface area contributed by atoms with Crippen LogP contribution in [0.25, 0.3) is 0 Å². The van der Waals surface area contributed by atoms with Gasteiger partial charge in [-0.3, -0.25) is 9.59 Å². The van der Waals surface area contributed by atoms with E-state index < -0.39 is 31.0 Å². The van der Waals surface area contributed by atoms with Gasteiger partial charge in [0.05, 0.1) is 6.54 Å². The minimum atomic E-state index is -2.66. The van der Waals surface area contributed by atoms with E-state index in [4.69, 9.17) is 0 Å². The Morgan fingerprint density at radius 3 is 2.48 bits per heavy atom. The summed E-state index contributed by atoms with van der Waals surface area (Å²) in [6.45, 7) is 1.14. The third-order valence-electron chi connectivity index (χ3n) is 3.53. The first kappa shape index (κ1) is 15.4. The average Bonchev–Trinajstić information content (AvgIpc) is 2.47. The molecule has 21 heavy (non-hydrogen) atoms. The highest BCUT2D eigenvalue weighted by atomic mass is 19.3. The number of hydrogen-bond donors (Lipinski definition) is 1. The molecule has 4 nitrogen and oxygen atoms in total. The second-order valence-electron chi connectivity index (χ2n) is 5.04. The van der Waals surface area contributed by atoms with Crippen LogP contribution in [0.1, 0.15) is 31.4 Å². The molecule has 114 valence electrons. The Balaban J connectivity index is 2.28. The van der Waals surface area contributed by atoms with E-state index in [9.17, 15) is 18.4 Å². The number of benzene rings is 1. The molecule has 2 amide bonds. The van der Waals surface area contributed by atoms with Gasteiger partial charge >= 0.3 is 0 Å². The zero-order valence-electron chi connectivity index (χ0n) is 11.8. The first-order valence-corrected chi connectivity index (χ1v) is 6.98. The lowest BCUT2D eigenvalue weighted by Crippen LogP contribution is -2.60. The second kappa shape index (κ2) is 6.65. The van der Waals surface area contributed by atoms with Gasteiger partial charge in [0.25, 0.3) is 12.3 Å². The lowest BCUT2D eigenvalue weighted by atomic mass is 9.98. The first-order chi connectivity index (χ1) is 10.0. The molecule has 0 saturated carbocycles. The predicted molar refractivity (Wildman–Crippen MR) is 73.7 cm³/mol. The number of amides is 2. The van der Waals surface area contributed by atoms with E-state index in [-0.39, 0.29) is 5.91 Å². The molecule has 1 fully saturated rings. The van der Waals surface area contributed by atoms with Crippen molar-refractivity contribution < 1.29 is 18.4 Å². The minimum absolute atomic E-state index is 0.369. The van der Waals surface area contributed by atoms with Crippen molar-refractivity contribution in [1.82, 2.24) is 10.2 Å². The molecule has 0 radical (unpaired) electrons. The number of piperazine rings is 1. The van der Waals surface area contributed by atoms with E-state index in [1.54, 1.807) is 30.3 Å². The summed E-state index contributed by atoms with van der Waals surface area (Å²) in [6, 6.07) is 6.97. The third-order valence-corrected chi connectivity index (χ3v) is 3.53. The summed E-state index contributed by atoms with van der Waals surface area (Å²) in [5.74, 6) is -0.842. The molecule has 1 aliphatic heterocycles.